The highest BCUT2D eigenvalue weighted by atomic mass is 32.3. The van der Waals surface area contributed by atoms with E-state index in [0.29, 0.717) is 0 Å². The third-order valence-electron chi connectivity index (χ3n) is 1.63. The summed E-state index contributed by atoms with van der Waals surface area (Å²) in [4.78, 5) is 20.5. The van der Waals surface area contributed by atoms with Crippen LogP contribution in [0.4, 0.5) is 0 Å². The van der Waals surface area contributed by atoms with Crippen molar-refractivity contribution in [1.82, 2.24) is 0 Å². The molecule has 0 aliphatic heterocycles. The minimum atomic E-state index is -5.34. The summed E-state index contributed by atoms with van der Waals surface area (Å²) in [6, 6.07) is 0. The van der Waals surface area contributed by atoms with E-state index in [4.69, 9.17) is 20.4 Å². The maximum absolute atomic E-state index is 10.3. The number of aldehydes is 1. The van der Waals surface area contributed by atoms with Crippen LogP contribution in [0.25, 0.3) is 0 Å². The highest BCUT2D eigenvalue weighted by Gasteiger charge is 2.36. The van der Waals surface area contributed by atoms with Gasteiger partial charge in [0.15, 0.2) is 18.5 Å². The van der Waals surface area contributed by atoms with Crippen molar-refractivity contribution in [2.45, 2.75) is 24.4 Å². The van der Waals surface area contributed by atoms with E-state index >= 15 is 0 Å². The van der Waals surface area contributed by atoms with Gasteiger partial charge in [0, 0.05) is 0 Å². The first-order valence-electron chi connectivity index (χ1n) is 3.96. The van der Waals surface area contributed by atoms with Crippen LogP contribution in [0, 0.1) is 0 Å². The highest BCUT2D eigenvalue weighted by Crippen LogP contribution is 2.09. The van der Waals surface area contributed by atoms with Crippen molar-refractivity contribution in [2.75, 3.05) is 0 Å². The maximum Gasteiger partial charge on any atom is 0.335 e. The summed E-state index contributed by atoms with van der Waals surface area (Å²) in [6.07, 6.45) is -9.95. The van der Waals surface area contributed by atoms with Gasteiger partial charge in [0.25, 0.3) is 0 Å². The molecule has 0 aliphatic rings. The molecule has 0 aromatic heterocycles. The Kier molecular flexibility index (Phi) is 5.60. The smallest absolute Gasteiger partial charge is 0.335 e. The van der Waals surface area contributed by atoms with E-state index in [2.05, 4.69) is 4.18 Å². The predicted octanol–water partition coefficient (Wildman–Crippen LogP) is -3.80. The lowest BCUT2D eigenvalue weighted by Crippen LogP contribution is -2.49. The Bertz CT molecular complexity index is 374. The Morgan fingerprint density at radius 3 is 2.00 bits per heavy atom. The summed E-state index contributed by atoms with van der Waals surface area (Å²) in [5.41, 5.74) is 0. The summed E-state index contributed by atoms with van der Waals surface area (Å²) < 4.78 is 33.9. The fraction of sp³-hybridized carbons (Fsp3) is 0.667. The Morgan fingerprint density at radius 2 is 1.71 bits per heavy atom. The maximum atomic E-state index is 10.3. The van der Waals surface area contributed by atoms with Gasteiger partial charge >= 0.3 is 5.97 Å². The SMILES string of the molecule is O=C[C@H](OS(=O)(=O)[O-])[C@@H](O)[C@H](O)[C@H](O)C(=O)O. The monoisotopic (exact) mass is 273 g/mol. The first-order valence-corrected chi connectivity index (χ1v) is 5.30. The molecule has 0 radical (unpaired) electrons. The van der Waals surface area contributed by atoms with Crippen LogP contribution < -0.4 is 0 Å². The zero-order valence-electron chi connectivity index (χ0n) is 8.03. The summed E-state index contributed by atoms with van der Waals surface area (Å²) >= 11 is 0. The van der Waals surface area contributed by atoms with Crippen molar-refractivity contribution < 1.29 is 47.2 Å². The summed E-state index contributed by atoms with van der Waals surface area (Å²) in [6.45, 7) is 0. The number of carboxylic acids is 1. The van der Waals surface area contributed by atoms with E-state index in [1.54, 1.807) is 0 Å². The molecule has 0 aromatic carbocycles. The van der Waals surface area contributed by atoms with E-state index in [1.807, 2.05) is 0 Å². The van der Waals surface area contributed by atoms with Crippen LogP contribution >= 0.6 is 0 Å². The van der Waals surface area contributed by atoms with Gasteiger partial charge in [0.1, 0.15) is 12.2 Å². The number of rotatable bonds is 7. The van der Waals surface area contributed by atoms with E-state index < -0.39 is 40.8 Å². The van der Waals surface area contributed by atoms with E-state index in [9.17, 15) is 22.6 Å². The van der Waals surface area contributed by atoms with Gasteiger partial charge in [-0.25, -0.2) is 13.2 Å². The van der Waals surface area contributed by atoms with Gasteiger partial charge in [-0.3, -0.25) is 4.18 Å². The van der Waals surface area contributed by atoms with Crippen molar-refractivity contribution in [3.63, 3.8) is 0 Å². The summed E-state index contributed by atoms with van der Waals surface area (Å²) in [5, 5.41) is 35.2. The van der Waals surface area contributed by atoms with Crippen molar-refractivity contribution in [3.8, 4) is 0 Å². The van der Waals surface area contributed by atoms with Crippen LogP contribution in [0.1, 0.15) is 0 Å². The first kappa shape index (κ1) is 15.9. The van der Waals surface area contributed by atoms with E-state index in [-0.39, 0.29) is 6.29 Å². The van der Waals surface area contributed by atoms with Crippen molar-refractivity contribution in [2.24, 2.45) is 0 Å². The first-order chi connectivity index (χ1) is 7.60. The van der Waals surface area contributed by atoms with Gasteiger partial charge in [-0.15, -0.1) is 0 Å². The van der Waals surface area contributed by atoms with Gasteiger partial charge in [-0.05, 0) is 0 Å². The molecule has 10 nitrogen and oxygen atoms in total. The normalized spacial score (nSPS) is 19.1. The number of aliphatic hydroxyl groups is 3. The Morgan fingerprint density at radius 1 is 1.24 bits per heavy atom. The number of carboxylic acid groups (broad SMARTS) is 1. The quantitative estimate of drug-likeness (QED) is 0.204. The number of hydrogen-bond acceptors (Lipinski definition) is 9. The molecule has 0 fully saturated rings. The molecule has 0 unspecified atom stereocenters. The third kappa shape index (κ3) is 5.16. The lowest BCUT2D eigenvalue weighted by molar-refractivity contribution is -0.162. The Balaban J connectivity index is 4.81. The number of aliphatic hydroxyl groups excluding tert-OH is 3. The van der Waals surface area contributed by atoms with Gasteiger partial charge in [-0.2, -0.15) is 0 Å². The standard InChI is InChI=1S/C6H10O10S/c7-1-2(16-17(13,14)15)3(8)4(9)5(10)6(11)12/h1-5,8-10H,(H,11,12)(H,13,14,15)/p-1/t2-,3+,4-,5-/m0/s1. The lowest BCUT2D eigenvalue weighted by Gasteiger charge is -2.24. The second-order valence-electron chi connectivity index (χ2n) is 2.87. The van der Waals surface area contributed by atoms with Crippen LogP contribution in [0.5, 0.6) is 0 Å². The molecule has 0 spiro atoms. The van der Waals surface area contributed by atoms with Crippen LogP contribution in [0.3, 0.4) is 0 Å². The molecular formula is C6H9O10S-. The second kappa shape index (κ2) is 6.00. The van der Waals surface area contributed by atoms with Crippen LogP contribution in [-0.4, -0.2) is 70.1 Å². The van der Waals surface area contributed by atoms with E-state index in [1.165, 1.54) is 0 Å². The zero-order chi connectivity index (χ0) is 13.8. The zero-order valence-corrected chi connectivity index (χ0v) is 8.85. The molecule has 0 bridgehead atoms. The Labute approximate surface area is 95.0 Å². The van der Waals surface area contributed by atoms with Crippen LogP contribution in [0.2, 0.25) is 0 Å². The molecule has 0 amide bonds. The molecule has 0 aliphatic carbocycles. The van der Waals surface area contributed by atoms with Crippen LogP contribution in [-0.2, 0) is 24.2 Å². The van der Waals surface area contributed by atoms with Crippen LogP contribution in [0.15, 0.2) is 0 Å². The van der Waals surface area contributed by atoms with Gasteiger partial charge in [0.2, 0.25) is 10.4 Å². The molecule has 11 heteroatoms. The molecule has 4 N–H and O–H groups in total. The predicted molar refractivity (Wildman–Crippen MR) is 46.3 cm³/mol. The number of carbonyl (C=O) groups excluding carboxylic acids is 1. The summed E-state index contributed by atoms with van der Waals surface area (Å²) in [7, 11) is -5.34. The number of carbonyl (C=O) groups is 2. The van der Waals surface area contributed by atoms with E-state index in [0.717, 1.165) is 0 Å². The molecular weight excluding hydrogens is 264 g/mol. The molecule has 100 valence electrons. The Hall–Kier alpha value is -1.11. The number of aliphatic carboxylic acids is 1. The van der Waals surface area contributed by atoms with Crippen molar-refractivity contribution in [3.05, 3.63) is 0 Å². The number of hydrogen-bond donors (Lipinski definition) is 4. The molecule has 0 saturated heterocycles. The topological polar surface area (TPSA) is 181 Å². The van der Waals surface area contributed by atoms with Crippen molar-refractivity contribution in [1.29, 1.82) is 0 Å². The lowest BCUT2D eigenvalue weighted by atomic mass is 10.0. The average Bonchev–Trinajstić information content (AvgIpc) is 2.21. The third-order valence-corrected chi connectivity index (χ3v) is 2.08. The van der Waals surface area contributed by atoms with Gasteiger partial charge < -0.3 is 29.8 Å². The molecule has 4 atom stereocenters. The minimum Gasteiger partial charge on any atom is -0.726 e. The largest absolute Gasteiger partial charge is 0.726 e. The molecule has 0 aromatic rings. The molecule has 0 saturated carbocycles. The fourth-order valence-electron chi connectivity index (χ4n) is 0.823. The molecule has 0 heterocycles. The van der Waals surface area contributed by atoms with Gasteiger partial charge in [0.05, 0.1) is 0 Å². The minimum absolute atomic E-state index is 0.335. The van der Waals surface area contributed by atoms with Crippen molar-refractivity contribution >= 4 is 22.7 Å². The highest BCUT2D eigenvalue weighted by molar-refractivity contribution is 7.80. The second-order valence-corrected chi connectivity index (χ2v) is 3.88. The molecule has 0 rings (SSSR count). The van der Waals surface area contributed by atoms with Gasteiger partial charge in [-0.1, -0.05) is 0 Å². The molecule has 17 heavy (non-hydrogen) atoms. The average molecular weight is 273 g/mol. The fourth-order valence-corrected chi connectivity index (χ4v) is 1.25. The summed E-state index contributed by atoms with van der Waals surface area (Å²) in [5.74, 6) is -1.92.